The van der Waals surface area contributed by atoms with Gasteiger partial charge in [0.05, 0.1) is 43.5 Å². The molecule has 18 nitrogen and oxygen atoms in total. The fourth-order valence-corrected chi connectivity index (χ4v) is 8.04. The number of ether oxygens (including phenoxy) is 1. The van der Waals surface area contributed by atoms with Crippen LogP contribution >= 0.6 is 23.2 Å². The number of aliphatic carboxylic acids is 1. The Labute approximate surface area is 419 Å². The van der Waals surface area contributed by atoms with Crippen LogP contribution in [0.25, 0.3) is 28.0 Å². The minimum atomic E-state index is -0.947. The number of carboxylic acids is 1. The Bertz CT molecular complexity index is 2460. The number of methoxy groups -OCH3 is 1. The second-order valence-corrected chi connectivity index (χ2v) is 15.8. The zero-order valence-electron chi connectivity index (χ0n) is 37.3. The van der Waals surface area contributed by atoms with Gasteiger partial charge >= 0.3 is 41.5 Å². The number of hydrogen-bond donors (Lipinski definition) is 2. The van der Waals surface area contributed by atoms with E-state index in [2.05, 4.69) is 34.7 Å². The first kappa shape index (κ1) is 55.6. The average molecular weight is 970 g/mol. The monoisotopic (exact) mass is 968 g/mol. The summed E-state index contributed by atoms with van der Waals surface area (Å²) < 4.78 is 4.62. The maximum Gasteiger partial charge on any atom is 1.00 e. The molecule has 350 valence electrons. The molecule has 0 saturated carbocycles. The number of carbonyl (C=O) groups is 4. The van der Waals surface area contributed by atoms with Gasteiger partial charge < -0.3 is 45.9 Å². The summed E-state index contributed by atoms with van der Waals surface area (Å²) in [6.07, 6.45) is 7.25. The van der Waals surface area contributed by atoms with Gasteiger partial charge in [0.15, 0.2) is 5.82 Å². The molecular weight excluding hydrogens is 916 g/mol. The van der Waals surface area contributed by atoms with Crippen molar-refractivity contribution >= 4 is 64.1 Å². The van der Waals surface area contributed by atoms with Gasteiger partial charge in [0.1, 0.15) is 0 Å². The molecule has 3 aliphatic heterocycles. The van der Waals surface area contributed by atoms with Crippen molar-refractivity contribution < 1.29 is 75.0 Å². The van der Waals surface area contributed by atoms with E-state index in [1.807, 2.05) is 72.8 Å². The molecule has 3 aromatic heterocycles. The van der Waals surface area contributed by atoms with Crippen molar-refractivity contribution in [1.82, 2.24) is 34.9 Å². The standard InChI is InChI=1S/C23H24ClN5O3.C23H23ClN4O3.Na.3H2O/c1-32-20(31)7-6-19(30)28-12-14-29(15-13-28)23-21(16-8-10-25-11-9-16)22(26-27-23)17-2-4-18(24)5-3-17;24-18-3-1-17(2-4-18)23-22(16-7-9-25-10-8-16)19(15-26-23)27-11-13-28(14-12-27)20(29)5-6-21(30)31;;;;/h2-5,8-11H,6-7,12-15H2,1H3,(H,26,27);1-4,7-10H,5-6,11-15H2,(H,30,31);;3*1H2/q;;+1;;;. The summed E-state index contributed by atoms with van der Waals surface area (Å²) >= 11 is 12.1. The number of carboxylic acid groups (broad SMARTS) is 1. The third-order valence-corrected chi connectivity index (χ3v) is 11.6. The molecule has 0 bridgehead atoms. The number of H-pyrrole nitrogens is 1. The van der Waals surface area contributed by atoms with Crippen LogP contribution in [0.1, 0.15) is 36.8 Å². The van der Waals surface area contributed by atoms with Crippen LogP contribution in [0, 0.1) is 0 Å². The van der Waals surface area contributed by atoms with Gasteiger partial charge in [0, 0.05) is 122 Å². The van der Waals surface area contributed by atoms with Gasteiger partial charge in [-0.2, -0.15) is 5.10 Å². The van der Waals surface area contributed by atoms with E-state index >= 15 is 0 Å². The van der Waals surface area contributed by atoms with Crippen LogP contribution in [-0.2, 0) is 23.9 Å². The molecule has 2 fully saturated rings. The van der Waals surface area contributed by atoms with Crippen LogP contribution in [0.3, 0.4) is 0 Å². The number of piperazine rings is 2. The first-order valence-electron chi connectivity index (χ1n) is 20.6. The molecule has 5 aromatic rings. The van der Waals surface area contributed by atoms with Crippen LogP contribution in [0.4, 0.5) is 5.82 Å². The van der Waals surface area contributed by atoms with E-state index in [0.29, 0.717) is 68.9 Å². The Hall–Kier alpha value is -5.70. The maximum absolute atomic E-state index is 12.4. The zero-order chi connectivity index (χ0) is 44.3. The second-order valence-electron chi connectivity index (χ2n) is 15.0. The summed E-state index contributed by atoms with van der Waals surface area (Å²) in [6, 6.07) is 23.2. The number of carbonyl (C=O) groups excluding carboxylic acids is 3. The van der Waals surface area contributed by atoms with Gasteiger partial charge in [-0.1, -0.05) is 47.5 Å². The summed E-state index contributed by atoms with van der Waals surface area (Å²) in [5.74, 6) is -0.617. The van der Waals surface area contributed by atoms with Crippen molar-refractivity contribution in [3.63, 3.8) is 0 Å². The second kappa shape index (κ2) is 26.6. The largest absolute Gasteiger partial charge is 1.00 e. The van der Waals surface area contributed by atoms with E-state index in [4.69, 9.17) is 33.3 Å². The van der Waals surface area contributed by atoms with Crippen LogP contribution in [0.5, 0.6) is 0 Å². The summed E-state index contributed by atoms with van der Waals surface area (Å²) in [5.41, 5.74) is 9.08. The summed E-state index contributed by atoms with van der Waals surface area (Å²) in [5, 5.41) is 18.0. The van der Waals surface area contributed by atoms with E-state index < -0.39 is 5.97 Å². The number of pyridine rings is 2. The number of allylic oxidation sites excluding steroid dienone is 1. The Kier molecular flexibility index (Phi) is 22.1. The quantitative estimate of drug-likeness (QED) is 0.131. The molecule has 21 heteroatoms. The van der Waals surface area contributed by atoms with E-state index in [1.165, 1.54) is 7.11 Å². The Balaban J connectivity index is 0.000000335. The average Bonchev–Trinajstić information content (AvgIpc) is 3.97. The molecule has 67 heavy (non-hydrogen) atoms. The van der Waals surface area contributed by atoms with Crippen molar-refractivity contribution in [2.24, 2.45) is 4.99 Å². The number of rotatable bonds is 12. The molecule has 8 rings (SSSR count). The van der Waals surface area contributed by atoms with Gasteiger partial charge in [-0.25, -0.2) is 0 Å². The molecule has 0 atom stereocenters. The third kappa shape index (κ3) is 14.2. The van der Waals surface area contributed by atoms with Crippen LogP contribution in [0.15, 0.2) is 108 Å². The Morgan fingerprint density at radius 1 is 0.627 bits per heavy atom. The molecule has 0 radical (unpaired) electrons. The van der Waals surface area contributed by atoms with Gasteiger partial charge in [0.2, 0.25) is 11.8 Å². The van der Waals surface area contributed by atoms with Crippen molar-refractivity contribution in [1.29, 1.82) is 0 Å². The fourth-order valence-electron chi connectivity index (χ4n) is 7.79. The molecule has 0 aliphatic carbocycles. The summed E-state index contributed by atoms with van der Waals surface area (Å²) in [6.45, 7) is 5.52. The number of benzene rings is 2. The number of nitrogens with zero attached hydrogens (tertiary/aromatic N) is 8. The van der Waals surface area contributed by atoms with Crippen molar-refractivity contribution in [3.05, 3.63) is 124 Å². The molecule has 6 heterocycles. The normalized spacial score (nSPS) is 14.2. The number of esters is 1. The number of halogens is 2. The fraction of sp³-hybridized carbons (Fsp3) is 0.304. The minimum absolute atomic E-state index is 0. The van der Waals surface area contributed by atoms with Crippen molar-refractivity contribution in [3.8, 4) is 22.4 Å². The number of amides is 2. The number of hydrogen-bond acceptors (Lipinski definition) is 11. The molecule has 8 N–H and O–H groups in total. The minimum Gasteiger partial charge on any atom is -0.481 e. The molecular formula is C46H53Cl2N9NaO9+. The summed E-state index contributed by atoms with van der Waals surface area (Å²) in [4.78, 5) is 67.9. The Morgan fingerprint density at radius 3 is 1.61 bits per heavy atom. The third-order valence-electron chi connectivity index (χ3n) is 11.1. The first-order chi connectivity index (χ1) is 30.6. The van der Waals surface area contributed by atoms with E-state index in [1.54, 1.807) is 34.6 Å². The maximum atomic E-state index is 12.4. The number of aliphatic imine (C=N–C) groups is 1. The van der Waals surface area contributed by atoms with Gasteiger partial charge in [-0.05, 0) is 59.7 Å². The van der Waals surface area contributed by atoms with Gasteiger partial charge in [-0.15, -0.1) is 0 Å². The number of aromatic amines is 1. The van der Waals surface area contributed by atoms with Gasteiger partial charge in [0.25, 0.3) is 0 Å². The van der Waals surface area contributed by atoms with Crippen molar-refractivity contribution in [2.45, 2.75) is 25.7 Å². The van der Waals surface area contributed by atoms with Crippen LogP contribution in [0.2, 0.25) is 10.0 Å². The topological polar surface area (TPSA) is 272 Å². The SMILES string of the molecule is COC(=O)CCC(=O)N1CCN(c2n[nH]c(-c3ccc(Cl)cc3)c2-c2ccncc2)CC1.O.O.O.O=C(O)CCC(=O)N1CCN(C2=C(c3ccncc3)C(c3ccc(Cl)cc3)=NC2)CC1.[Na+]. The predicted molar refractivity (Wildman–Crippen MR) is 252 cm³/mol. The number of anilines is 1. The number of aromatic nitrogens is 4. The molecule has 2 amide bonds. The predicted octanol–water partition coefficient (Wildman–Crippen LogP) is 0.882. The molecule has 2 aromatic carbocycles. The smallest absolute Gasteiger partial charge is 0.481 e. The van der Waals surface area contributed by atoms with Gasteiger partial charge in [-0.3, -0.25) is 39.2 Å². The first-order valence-corrected chi connectivity index (χ1v) is 21.4. The zero-order valence-corrected chi connectivity index (χ0v) is 40.8. The van der Waals surface area contributed by atoms with Crippen LogP contribution in [-0.4, -0.2) is 152 Å². The Morgan fingerprint density at radius 2 is 1.10 bits per heavy atom. The molecule has 0 unspecified atom stereocenters. The molecule has 2 saturated heterocycles. The molecule has 0 spiro atoms. The number of nitrogens with one attached hydrogen (secondary N) is 1. The van der Waals surface area contributed by atoms with Crippen LogP contribution < -0.4 is 34.5 Å². The molecule has 3 aliphatic rings. The van der Waals surface area contributed by atoms with Crippen molar-refractivity contribution in [2.75, 3.05) is 70.9 Å². The van der Waals surface area contributed by atoms with E-state index in [-0.39, 0.29) is 89.5 Å². The van der Waals surface area contributed by atoms with E-state index in [0.717, 1.165) is 56.3 Å². The van der Waals surface area contributed by atoms with E-state index in [9.17, 15) is 19.2 Å². The summed E-state index contributed by atoms with van der Waals surface area (Å²) in [7, 11) is 1.33.